The Morgan fingerprint density at radius 3 is 2.20 bits per heavy atom. The smallest absolute Gasteiger partial charge is 0.324 e. The van der Waals surface area contributed by atoms with Gasteiger partial charge in [0, 0.05) is 28.3 Å². The van der Waals surface area contributed by atoms with E-state index in [4.69, 9.17) is 15.9 Å². The van der Waals surface area contributed by atoms with Gasteiger partial charge in [-0.1, -0.05) is 0 Å². The minimum atomic E-state index is -4.50. The van der Waals surface area contributed by atoms with Crippen LogP contribution in [-0.2, 0) is 29.4 Å². The van der Waals surface area contributed by atoms with Gasteiger partial charge in [0.15, 0.2) is 0 Å². The van der Waals surface area contributed by atoms with Crippen LogP contribution in [0.25, 0.3) is 0 Å². The van der Waals surface area contributed by atoms with Crippen LogP contribution in [-0.4, -0.2) is 71.1 Å². The Morgan fingerprint density at radius 1 is 1.24 bits per heavy atom. The van der Waals surface area contributed by atoms with Crippen molar-refractivity contribution in [2.75, 3.05) is 12.3 Å². The van der Waals surface area contributed by atoms with E-state index in [1.165, 1.54) is 0 Å². The van der Waals surface area contributed by atoms with Crippen molar-refractivity contribution in [2.45, 2.75) is 24.9 Å². The number of nitrogens with one attached hydrogen (secondary N) is 2. The lowest BCUT2D eigenvalue weighted by molar-refractivity contribution is -0.142. The number of hydrogen-bond acceptors (Lipinski definition) is 8. The summed E-state index contributed by atoms with van der Waals surface area (Å²) in [5, 5.41) is 19.5. The number of nitrogens with zero attached hydrogens (tertiary/aromatic N) is 1. The maximum Gasteiger partial charge on any atom is 0.324 e. The summed E-state index contributed by atoms with van der Waals surface area (Å²) < 4.78 is 25.1. The highest BCUT2D eigenvalue weighted by Gasteiger charge is 2.34. The SMILES string of the molecule is NC(CCC(=O)NC(CS)C(=O)N(CC(=O)O)S(=O)(=O)NBr)C(=O)O. The minimum absolute atomic E-state index is 0.00817. The van der Waals surface area contributed by atoms with E-state index in [2.05, 4.69) is 34.1 Å². The zero-order chi connectivity index (χ0) is 19.8. The van der Waals surface area contributed by atoms with E-state index in [-0.39, 0.29) is 22.9 Å². The Balaban J connectivity index is 5.10. The molecule has 0 aliphatic heterocycles. The van der Waals surface area contributed by atoms with Crippen LogP contribution in [0.15, 0.2) is 0 Å². The molecule has 0 saturated carbocycles. The van der Waals surface area contributed by atoms with E-state index < -0.39 is 52.6 Å². The molecular weight excluding hydrogens is 448 g/mol. The molecule has 2 amide bonds. The molecule has 0 fully saturated rings. The number of halogens is 1. The zero-order valence-corrected chi connectivity index (χ0v) is 15.9. The number of carbonyl (C=O) groups is 4. The lowest BCUT2D eigenvalue weighted by atomic mass is 10.1. The lowest BCUT2D eigenvalue weighted by Gasteiger charge is -2.24. The van der Waals surface area contributed by atoms with Crippen LogP contribution in [0.3, 0.4) is 0 Å². The van der Waals surface area contributed by atoms with Gasteiger partial charge < -0.3 is 21.3 Å². The predicted molar refractivity (Wildman–Crippen MR) is 91.0 cm³/mol. The third-order valence-electron chi connectivity index (χ3n) is 2.73. The number of hydrogen-bond donors (Lipinski definition) is 6. The number of carboxylic acids is 2. The Labute approximate surface area is 157 Å². The van der Waals surface area contributed by atoms with Crippen molar-refractivity contribution in [3.05, 3.63) is 0 Å². The summed E-state index contributed by atoms with van der Waals surface area (Å²) in [7, 11) is -4.50. The number of carbonyl (C=O) groups excluding carboxylic acids is 2. The van der Waals surface area contributed by atoms with Gasteiger partial charge in [0.05, 0.1) is 0 Å². The number of rotatable bonds is 11. The zero-order valence-electron chi connectivity index (χ0n) is 12.6. The predicted octanol–water partition coefficient (Wildman–Crippen LogP) is -2.35. The molecule has 0 rings (SSSR count). The Bertz CT molecular complexity index is 628. The van der Waals surface area contributed by atoms with Crippen molar-refractivity contribution in [1.29, 1.82) is 0 Å². The van der Waals surface area contributed by atoms with Crippen LogP contribution in [0.2, 0.25) is 0 Å². The van der Waals surface area contributed by atoms with Gasteiger partial charge in [0.1, 0.15) is 18.6 Å². The summed E-state index contributed by atoms with van der Waals surface area (Å²) in [6.45, 7) is -1.18. The second kappa shape index (κ2) is 10.5. The standard InChI is InChI=1S/C10H17BrN4O8S2/c11-14-25(22,23)15(3-8(17)18)9(19)6(4-24)13-7(16)2-1-5(12)10(20)21/h5-6,14,24H,1-4,12H2,(H,13,16)(H,17,18)(H,20,21). The molecule has 0 aromatic carbocycles. The van der Waals surface area contributed by atoms with E-state index in [1.807, 2.05) is 0 Å². The molecule has 0 aliphatic carbocycles. The fourth-order valence-corrected chi connectivity index (χ4v) is 2.98. The lowest BCUT2D eigenvalue weighted by Crippen LogP contribution is -2.54. The average molecular weight is 465 g/mol. The van der Waals surface area contributed by atoms with Crippen molar-refractivity contribution in [2.24, 2.45) is 5.73 Å². The molecule has 2 unspecified atom stereocenters. The topological polar surface area (TPSA) is 196 Å². The Hall–Kier alpha value is -1.42. The number of amides is 2. The minimum Gasteiger partial charge on any atom is -0.480 e. The molecule has 2 atom stereocenters. The quantitative estimate of drug-likeness (QED) is 0.143. The van der Waals surface area contributed by atoms with Crippen molar-refractivity contribution in [3.63, 3.8) is 0 Å². The molecule has 15 heteroatoms. The molecule has 0 radical (unpaired) electrons. The van der Waals surface area contributed by atoms with Gasteiger partial charge >= 0.3 is 22.1 Å². The third-order valence-corrected chi connectivity index (χ3v) is 5.40. The van der Waals surface area contributed by atoms with Crippen molar-refractivity contribution in [3.8, 4) is 0 Å². The Morgan fingerprint density at radius 2 is 1.80 bits per heavy atom. The molecule has 0 heterocycles. The van der Waals surface area contributed by atoms with Crippen molar-refractivity contribution in [1.82, 2.24) is 13.4 Å². The normalized spacial score (nSPS) is 13.6. The van der Waals surface area contributed by atoms with Gasteiger partial charge in [-0.15, -0.1) is 3.75 Å². The van der Waals surface area contributed by atoms with Crippen molar-refractivity contribution < 1.29 is 37.8 Å². The summed E-state index contributed by atoms with van der Waals surface area (Å²) in [6, 6.07) is -2.73. The molecule has 12 nitrogen and oxygen atoms in total. The number of nitrogens with two attached hydrogens (primary N) is 1. The van der Waals surface area contributed by atoms with Crippen LogP contribution in [0.5, 0.6) is 0 Å². The van der Waals surface area contributed by atoms with E-state index >= 15 is 0 Å². The van der Waals surface area contributed by atoms with E-state index in [1.54, 1.807) is 3.75 Å². The van der Waals surface area contributed by atoms with E-state index in [0.29, 0.717) is 0 Å². The first-order chi connectivity index (χ1) is 11.5. The number of thiol groups is 1. The second-order valence-electron chi connectivity index (χ2n) is 4.61. The monoisotopic (exact) mass is 464 g/mol. The first-order valence-corrected chi connectivity index (χ1v) is 9.37. The van der Waals surface area contributed by atoms with Gasteiger partial charge in [-0.3, -0.25) is 19.2 Å². The fraction of sp³-hybridized carbons (Fsp3) is 0.600. The first-order valence-electron chi connectivity index (χ1n) is 6.50. The van der Waals surface area contributed by atoms with Gasteiger partial charge in [0.2, 0.25) is 5.91 Å². The highest BCUT2D eigenvalue weighted by molar-refractivity contribution is 9.09. The highest BCUT2D eigenvalue weighted by atomic mass is 79.9. The van der Waals surface area contributed by atoms with Crippen LogP contribution in [0.1, 0.15) is 12.8 Å². The molecule has 0 aromatic heterocycles. The largest absolute Gasteiger partial charge is 0.480 e. The average Bonchev–Trinajstić information content (AvgIpc) is 2.54. The first kappa shape index (κ1) is 23.6. The molecular formula is C10H17BrN4O8S2. The molecule has 0 bridgehead atoms. The van der Waals surface area contributed by atoms with Gasteiger partial charge in [-0.25, -0.2) is 4.31 Å². The number of carboxylic acid groups (broad SMARTS) is 2. The Kier molecular flexibility index (Phi) is 9.95. The summed E-state index contributed by atoms with van der Waals surface area (Å²) in [5.41, 5.74) is 5.24. The summed E-state index contributed by atoms with van der Waals surface area (Å²) in [6.07, 6.45) is -0.553. The molecule has 6 N–H and O–H groups in total. The molecule has 25 heavy (non-hydrogen) atoms. The van der Waals surface area contributed by atoms with E-state index in [0.717, 1.165) is 0 Å². The molecule has 0 saturated heterocycles. The third kappa shape index (κ3) is 8.00. The van der Waals surface area contributed by atoms with Crippen LogP contribution in [0.4, 0.5) is 0 Å². The molecule has 144 valence electrons. The van der Waals surface area contributed by atoms with Gasteiger partial charge in [-0.05, 0) is 6.42 Å². The van der Waals surface area contributed by atoms with Crippen LogP contribution < -0.4 is 14.8 Å². The van der Waals surface area contributed by atoms with E-state index in [9.17, 15) is 27.6 Å². The molecule has 0 spiro atoms. The highest BCUT2D eigenvalue weighted by Crippen LogP contribution is 2.06. The molecule has 0 aliphatic rings. The number of aliphatic carboxylic acids is 2. The second-order valence-corrected chi connectivity index (χ2v) is 7.49. The van der Waals surface area contributed by atoms with Gasteiger partial charge in [-0.2, -0.15) is 21.0 Å². The molecule has 0 aromatic rings. The van der Waals surface area contributed by atoms with Gasteiger partial charge in [0.25, 0.3) is 5.91 Å². The summed E-state index contributed by atoms with van der Waals surface area (Å²) in [4.78, 5) is 45.3. The summed E-state index contributed by atoms with van der Waals surface area (Å²) in [5.74, 6) is -5.25. The fourth-order valence-electron chi connectivity index (χ4n) is 1.48. The summed E-state index contributed by atoms with van der Waals surface area (Å²) >= 11 is 6.23. The van der Waals surface area contributed by atoms with Crippen LogP contribution >= 0.6 is 28.8 Å². The van der Waals surface area contributed by atoms with Crippen LogP contribution in [0, 0.1) is 0 Å². The van der Waals surface area contributed by atoms with Crippen molar-refractivity contribution >= 4 is 62.7 Å². The maximum absolute atomic E-state index is 12.2. The maximum atomic E-state index is 12.2.